The van der Waals surface area contributed by atoms with Gasteiger partial charge >= 0.3 is 0 Å². The normalized spacial score (nSPS) is 12.2. The van der Waals surface area contributed by atoms with Crippen molar-refractivity contribution in [3.05, 3.63) is 82.7 Å². The fraction of sp³-hybridized carbons (Fsp3) is 0.143. The van der Waals surface area contributed by atoms with Gasteiger partial charge in [0.25, 0.3) is 5.56 Å². The molecule has 6 heteroatoms. The summed E-state index contributed by atoms with van der Waals surface area (Å²) in [5.41, 5.74) is 1.70. The van der Waals surface area contributed by atoms with Crippen LogP contribution < -0.4 is 10.3 Å². The number of fused-ring (bicyclic) bond motifs is 1. The summed E-state index contributed by atoms with van der Waals surface area (Å²) in [4.78, 5) is 18.1. The maximum Gasteiger partial charge on any atom is 0.262 e. The van der Waals surface area contributed by atoms with Gasteiger partial charge in [-0.2, -0.15) is 0 Å². The molecule has 1 atom stereocenters. The van der Waals surface area contributed by atoms with Crippen LogP contribution in [0.5, 0.6) is 5.75 Å². The zero-order valence-electron chi connectivity index (χ0n) is 14.5. The summed E-state index contributed by atoms with van der Waals surface area (Å²) in [5.74, 6) is 0.682. The van der Waals surface area contributed by atoms with Crippen molar-refractivity contribution in [2.24, 2.45) is 0 Å². The number of benzene rings is 2. The van der Waals surface area contributed by atoms with E-state index in [9.17, 15) is 9.90 Å². The summed E-state index contributed by atoms with van der Waals surface area (Å²) < 4.78 is 7.01. The van der Waals surface area contributed by atoms with Gasteiger partial charge < -0.3 is 9.84 Å². The molecule has 4 rings (SSSR count). The van der Waals surface area contributed by atoms with Gasteiger partial charge in [-0.15, -0.1) is 11.3 Å². The third kappa shape index (κ3) is 3.77. The van der Waals surface area contributed by atoms with E-state index in [0.29, 0.717) is 16.0 Å². The first kappa shape index (κ1) is 17.5. The lowest BCUT2D eigenvalue weighted by Crippen LogP contribution is -2.30. The summed E-state index contributed by atoms with van der Waals surface area (Å²) in [6, 6.07) is 19.1. The van der Waals surface area contributed by atoms with Crippen molar-refractivity contribution < 1.29 is 9.84 Å². The third-order valence-electron chi connectivity index (χ3n) is 4.24. The molecule has 4 aromatic rings. The molecule has 0 fully saturated rings. The van der Waals surface area contributed by atoms with E-state index in [4.69, 9.17) is 4.74 Å². The van der Waals surface area contributed by atoms with Crippen molar-refractivity contribution in [3.8, 4) is 16.9 Å². The minimum atomic E-state index is -0.819. The molecule has 1 unspecified atom stereocenters. The van der Waals surface area contributed by atoms with Gasteiger partial charge in [-0.05, 0) is 17.7 Å². The van der Waals surface area contributed by atoms with Gasteiger partial charge in [0, 0.05) is 10.9 Å². The number of aliphatic hydroxyl groups is 1. The summed E-state index contributed by atoms with van der Waals surface area (Å²) >= 11 is 1.45. The lowest BCUT2D eigenvalue weighted by Gasteiger charge is -2.14. The summed E-state index contributed by atoms with van der Waals surface area (Å²) in [6.45, 7) is 0.225. The average molecular weight is 378 g/mol. The predicted octanol–water partition coefficient (Wildman–Crippen LogP) is 3.56. The highest BCUT2D eigenvalue weighted by Crippen LogP contribution is 2.30. The van der Waals surface area contributed by atoms with E-state index in [0.717, 1.165) is 11.1 Å². The van der Waals surface area contributed by atoms with Gasteiger partial charge in [-0.25, -0.2) is 4.98 Å². The minimum Gasteiger partial charge on any atom is -0.491 e. The monoisotopic (exact) mass is 378 g/mol. The maximum absolute atomic E-state index is 13.0. The van der Waals surface area contributed by atoms with Crippen molar-refractivity contribution in [3.63, 3.8) is 0 Å². The molecule has 0 aliphatic heterocycles. The topological polar surface area (TPSA) is 64.4 Å². The molecule has 0 amide bonds. The van der Waals surface area contributed by atoms with Gasteiger partial charge in [0.15, 0.2) is 0 Å². The Balaban J connectivity index is 1.57. The van der Waals surface area contributed by atoms with Crippen LogP contribution in [0.2, 0.25) is 0 Å². The zero-order valence-corrected chi connectivity index (χ0v) is 15.3. The van der Waals surface area contributed by atoms with E-state index in [1.165, 1.54) is 22.2 Å². The first-order valence-electron chi connectivity index (χ1n) is 8.60. The Morgan fingerprint density at radius 1 is 1.07 bits per heavy atom. The maximum atomic E-state index is 13.0. The number of thiophene rings is 1. The molecule has 0 saturated heterocycles. The first-order valence-corrected chi connectivity index (χ1v) is 9.48. The molecular weight excluding hydrogens is 360 g/mol. The minimum absolute atomic E-state index is 0.101. The quantitative estimate of drug-likeness (QED) is 0.557. The number of hydrogen-bond donors (Lipinski definition) is 1. The number of para-hydroxylation sites is 1. The average Bonchev–Trinajstić information content (AvgIpc) is 3.15. The second-order valence-corrected chi connectivity index (χ2v) is 7.03. The highest BCUT2D eigenvalue weighted by atomic mass is 32.1. The van der Waals surface area contributed by atoms with E-state index in [1.807, 2.05) is 66.0 Å². The number of aromatic nitrogens is 2. The Morgan fingerprint density at radius 2 is 1.78 bits per heavy atom. The van der Waals surface area contributed by atoms with Crippen LogP contribution in [-0.4, -0.2) is 27.4 Å². The van der Waals surface area contributed by atoms with E-state index < -0.39 is 6.10 Å². The Hall–Kier alpha value is -2.96. The van der Waals surface area contributed by atoms with Crippen LogP contribution in [-0.2, 0) is 6.54 Å². The molecule has 0 radical (unpaired) electrons. The lowest BCUT2D eigenvalue weighted by atomic mass is 10.1. The molecule has 2 aromatic heterocycles. The van der Waals surface area contributed by atoms with Crippen molar-refractivity contribution >= 4 is 21.6 Å². The summed E-state index contributed by atoms with van der Waals surface area (Å²) in [6.07, 6.45) is 0.669. The van der Waals surface area contributed by atoms with Gasteiger partial charge in [0.2, 0.25) is 0 Å². The smallest absolute Gasteiger partial charge is 0.262 e. The number of ether oxygens (including phenoxy) is 1. The Kier molecular flexibility index (Phi) is 5.00. The first-order chi connectivity index (χ1) is 13.2. The van der Waals surface area contributed by atoms with Gasteiger partial charge in [0.05, 0.1) is 18.3 Å². The standard InChI is InChI=1S/C21H18N2O3S/c24-16(12-26-17-9-5-2-6-10-17)11-23-14-22-20-19(21(23)25)18(13-27-20)15-7-3-1-4-8-15/h1-10,13-14,16,24H,11-12H2. The van der Waals surface area contributed by atoms with Gasteiger partial charge in [-0.1, -0.05) is 48.5 Å². The fourth-order valence-corrected chi connectivity index (χ4v) is 3.82. The number of rotatable bonds is 6. The molecule has 27 heavy (non-hydrogen) atoms. The van der Waals surface area contributed by atoms with Crippen LogP contribution in [0.4, 0.5) is 0 Å². The Labute approximate surface area is 160 Å². The van der Waals surface area contributed by atoms with Crippen LogP contribution in [0, 0.1) is 0 Å². The SMILES string of the molecule is O=c1c2c(-c3ccccc3)csc2ncn1CC(O)COc1ccccc1. The predicted molar refractivity (Wildman–Crippen MR) is 107 cm³/mol. The Bertz CT molecular complexity index is 1090. The molecule has 0 bridgehead atoms. The van der Waals surface area contributed by atoms with E-state index >= 15 is 0 Å². The van der Waals surface area contributed by atoms with Crippen molar-refractivity contribution in [2.75, 3.05) is 6.61 Å². The molecule has 136 valence electrons. The second-order valence-electron chi connectivity index (χ2n) is 6.18. The number of nitrogens with zero attached hydrogens (tertiary/aromatic N) is 2. The van der Waals surface area contributed by atoms with Gasteiger partial charge in [0.1, 0.15) is 23.3 Å². The molecule has 0 spiro atoms. The van der Waals surface area contributed by atoms with Crippen LogP contribution in [0.15, 0.2) is 77.2 Å². The zero-order chi connectivity index (χ0) is 18.6. The second kappa shape index (κ2) is 7.73. The van der Waals surface area contributed by atoms with Crippen LogP contribution in [0.25, 0.3) is 21.3 Å². The summed E-state index contributed by atoms with van der Waals surface area (Å²) in [5, 5.41) is 12.8. The fourth-order valence-electron chi connectivity index (χ4n) is 2.92. The van der Waals surface area contributed by atoms with Crippen molar-refractivity contribution in [2.45, 2.75) is 12.6 Å². The largest absolute Gasteiger partial charge is 0.491 e. The molecule has 0 saturated carbocycles. The lowest BCUT2D eigenvalue weighted by molar-refractivity contribution is 0.0915. The van der Waals surface area contributed by atoms with Crippen molar-refractivity contribution in [1.82, 2.24) is 9.55 Å². The molecule has 0 aliphatic carbocycles. The van der Waals surface area contributed by atoms with Crippen LogP contribution in [0.3, 0.4) is 0 Å². The van der Waals surface area contributed by atoms with Crippen LogP contribution >= 0.6 is 11.3 Å². The molecule has 2 aromatic carbocycles. The van der Waals surface area contributed by atoms with Crippen molar-refractivity contribution in [1.29, 1.82) is 0 Å². The van der Waals surface area contributed by atoms with Gasteiger partial charge in [-0.3, -0.25) is 9.36 Å². The summed E-state index contributed by atoms with van der Waals surface area (Å²) in [7, 11) is 0. The van der Waals surface area contributed by atoms with E-state index in [2.05, 4.69) is 4.98 Å². The van der Waals surface area contributed by atoms with E-state index in [1.54, 1.807) is 0 Å². The highest BCUT2D eigenvalue weighted by Gasteiger charge is 2.15. The highest BCUT2D eigenvalue weighted by molar-refractivity contribution is 7.17. The van der Waals surface area contributed by atoms with E-state index in [-0.39, 0.29) is 18.7 Å². The molecule has 0 aliphatic rings. The Morgan fingerprint density at radius 3 is 2.52 bits per heavy atom. The molecule has 2 heterocycles. The number of aliphatic hydroxyl groups excluding tert-OH is 1. The molecular formula is C21H18N2O3S. The number of hydrogen-bond acceptors (Lipinski definition) is 5. The molecule has 1 N–H and O–H groups in total. The third-order valence-corrected chi connectivity index (χ3v) is 5.12. The molecule has 5 nitrogen and oxygen atoms in total. The van der Waals surface area contributed by atoms with Crippen LogP contribution in [0.1, 0.15) is 0 Å².